The van der Waals surface area contributed by atoms with Gasteiger partial charge in [0.05, 0.1) is 13.2 Å². The Morgan fingerprint density at radius 1 is 1.05 bits per heavy atom. The summed E-state index contributed by atoms with van der Waals surface area (Å²) >= 11 is 0. The van der Waals surface area contributed by atoms with Crippen LogP contribution in [-0.4, -0.2) is 31.1 Å². The summed E-state index contributed by atoms with van der Waals surface area (Å²) in [6.45, 7) is 6.13. The molecule has 4 rings (SSSR count). The summed E-state index contributed by atoms with van der Waals surface area (Å²) in [6, 6.07) is 0. The maximum Gasteiger partial charge on any atom is 0.306 e. The van der Waals surface area contributed by atoms with Gasteiger partial charge in [-0.3, -0.25) is 4.79 Å². The fourth-order valence-electron chi connectivity index (χ4n) is 5.86. The van der Waals surface area contributed by atoms with Gasteiger partial charge in [0.1, 0.15) is 6.10 Å². The minimum Gasteiger partial charge on any atom is -0.462 e. The minimum absolute atomic E-state index is 0.0139. The van der Waals surface area contributed by atoms with Crippen LogP contribution in [0.25, 0.3) is 0 Å². The highest BCUT2D eigenvalue weighted by molar-refractivity contribution is 5.70. The van der Waals surface area contributed by atoms with Gasteiger partial charge in [-0.05, 0) is 38.0 Å². The molecule has 0 amide bonds. The highest BCUT2D eigenvalue weighted by atomic mass is 16.7. The Morgan fingerprint density at radius 3 is 2.57 bits per heavy atom. The van der Waals surface area contributed by atoms with Gasteiger partial charge in [0, 0.05) is 23.7 Å². The molecule has 4 atom stereocenters. The van der Waals surface area contributed by atoms with Gasteiger partial charge in [0.2, 0.25) is 0 Å². The van der Waals surface area contributed by atoms with Gasteiger partial charge in [-0.15, -0.1) is 0 Å². The van der Waals surface area contributed by atoms with E-state index in [-0.39, 0.29) is 28.7 Å². The SMILES string of the molecule is C[C@@]12CCC(=O)O[C@H]1CC[C@@]1(C)[C@H]2CCCC12OCCO2. The van der Waals surface area contributed by atoms with Crippen LogP contribution in [0, 0.1) is 16.7 Å². The Balaban J connectivity index is 1.72. The van der Waals surface area contributed by atoms with Crippen LogP contribution >= 0.6 is 0 Å². The highest BCUT2D eigenvalue weighted by Crippen LogP contribution is 2.65. The van der Waals surface area contributed by atoms with Crippen molar-refractivity contribution in [3.05, 3.63) is 0 Å². The average molecular weight is 294 g/mol. The van der Waals surface area contributed by atoms with Gasteiger partial charge < -0.3 is 14.2 Å². The van der Waals surface area contributed by atoms with E-state index in [2.05, 4.69) is 13.8 Å². The first-order valence-electron chi connectivity index (χ1n) is 8.48. The zero-order valence-electron chi connectivity index (χ0n) is 13.2. The summed E-state index contributed by atoms with van der Waals surface area (Å²) in [5.41, 5.74) is 0.139. The van der Waals surface area contributed by atoms with E-state index in [1.165, 1.54) is 6.42 Å². The van der Waals surface area contributed by atoms with Gasteiger partial charge in [0.15, 0.2) is 5.79 Å². The third-order valence-electron chi connectivity index (χ3n) is 6.99. The molecular weight excluding hydrogens is 268 g/mol. The lowest BCUT2D eigenvalue weighted by molar-refractivity contribution is -0.306. The Kier molecular flexibility index (Phi) is 2.97. The molecule has 4 heteroatoms. The largest absolute Gasteiger partial charge is 0.462 e. The van der Waals surface area contributed by atoms with E-state index in [1.54, 1.807) is 0 Å². The lowest BCUT2D eigenvalue weighted by Gasteiger charge is -2.63. The van der Waals surface area contributed by atoms with E-state index in [0.29, 0.717) is 12.3 Å². The van der Waals surface area contributed by atoms with Crippen molar-refractivity contribution in [3.63, 3.8) is 0 Å². The van der Waals surface area contributed by atoms with Crippen LogP contribution in [-0.2, 0) is 19.0 Å². The monoisotopic (exact) mass is 294 g/mol. The number of carbonyl (C=O) groups is 1. The molecule has 4 nitrogen and oxygen atoms in total. The summed E-state index contributed by atoms with van der Waals surface area (Å²) in [4.78, 5) is 11.7. The van der Waals surface area contributed by atoms with E-state index < -0.39 is 0 Å². The second-order valence-electron chi connectivity index (χ2n) is 7.84. The third-order valence-corrected chi connectivity index (χ3v) is 6.99. The van der Waals surface area contributed by atoms with Crippen LogP contribution in [0.3, 0.4) is 0 Å². The zero-order chi connectivity index (χ0) is 14.7. The number of rotatable bonds is 0. The van der Waals surface area contributed by atoms with Crippen molar-refractivity contribution in [3.8, 4) is 0 Å². The predicted octanol–water partition coefficient (Wildman–Crippen LogP) is 3.04. The van der Waals surface area contributed by atoms with Crippen LogP contribution in [0.2, 0.25) is 0 Å². The van der Waals surface area contributed by atoms with Crippen molar-refractivity contribution in [2.45, 2.75) is 70.7 Å². The lowest BCUT2D eigenvalue weighted by atomic mass is 9.47. The van der Waals surface area contributed by atoms with Crippen molar-refractivity contribution in [2.24, 2.45) is 16.7 Å². The van der Waals surface area contributed by atoms with Gasteiger partial charge in [-0.1, -0.05) is 13.8 Å². The fourth-order valence-corrected chi connectivity index (χ4v) is 5.86. The van der Waals surface area contributed by atoms with Gasteiger partial charge >= 0.3 is 5.97 Å². The number of hydrogen-bond acceptors (Lipinski definition) is 4. The molecule has 21 heavy (non-hydrogen) atoms. The molecule has 118 valence electrons. The minimum atomic E-state index is -0.384. The maximum absolute atomic E-state index is 11.7. The number of carbonyl (C=O) groups excluding carboxylic acids is 1. The second kappa shape index (κ2) is 4.45. The first kappa shape index (κ1) is 14.0. The number of ether oxygens (including phenoxy) is 3. The molecule has 0 aromatic carbocycles. The molecule has 0 unspecified atom stereocenters. The average Bonchev–Trinajstić information content (AvgIpc) is 2.93. The topological polar surface area (TPSA) is 44.8 Å². The van der Waals surface area contributed by atoms with E-state index in [9.17, 15) is 4.79 Å². The number of fused-ring (bicyclic) bond motifs is 4. The van der Waals surface area contributed by atoms with Gasteiger partial charge in [0.25, 0.3) is 0 Å². The lowest BCUT2D eigenvalue weighted by Crippen LogP contribution is -2.64. The van der Waals surface area contributed by atoms with E-state index in [1.807, 2.05) is 0 Å². The Morgan fingerprint density at radius 2 is 1.81 bits per heavy atom. The zero-order valence-corrected chi connectivity index (χ0v) is 13.2. The van der Waals surface area contributed by atoms with Crippen LogP contribution in [0.5, 0.6) is 0 Å². The molecule has 0 bridgehead atoms. The third kappa shape index (κ3) is 1.72. The molecule has 2 saturated carbocycles. The van der Waals surface area contributed by atoms with Gasteiger partial charge in [-0.2, -0.15) is 0 Å². The molecule has 1 spiro atoms. The molecular formula is C17H26O4. The smallest absolute Gasteiger partial charge is 0.306 e. The first-order chi connectivity index (χ1) is 10.0. The van der Waals surface area contributed by atoms with Crippen molar-refractivity contribution >= 4 is 5.97 Å². The molecule has 4 aliphatic rings. The highest BCUT2D eigenvalue weighted by Gasteiger charge is 2.66. The molecule has 2 aliphatic carbocycles. The molecule has 0 aromatic rings. The van der Waals surface area contributed by atoms with Crippen LogP contribution < -0.4 is 0 Å². The van der Waals surface area contributed by atoms with Crippen molar-refractivity contribution < 1.29 is 19.0 Å². The van der Waals surface area contributed by atoms with Crippen LogP contribution in [0.15, 0.2) is 0 Å². The predicted molar refractivity (Wildman–Crippen MR) is 76.5 cm³/mol. The van der Waals surface area contributed by atoms with Crippen molar-refractivity contribution in [1.29, 1.82) is 0 Å². The number of esters is 1. The molecule has 2 saturated heterocycles. The summed E-state index contributed by atoms with van der Waals surface area (Å²) in [5, 5.41) is 0. The fraction of sp³-hybridized carbons (Fsp3) is 0.941. The Labute approximate surface area is 126 Å². The molecule has 0 radical (unpaired) electrons. The second-order valence-corrected chi connectivity index (χ2v) is 7.84. The van der Waals surface area contributed by atoms with E-state index in [0.717, 1.165) is 45.3 Å². The first-order valence-corrected chi connectivity index (χ1v) is 8.48. The Bertz CT molecular complexity index is 456. The van der Waals surface area contributed by atoms with Crippen molar-refractivity contribution in [2.75, 3.05) is 13.2 Å². The van der Waals surface area contributed by atoms with Crippen LogP contribution in [0.4, 0.5) is 0 Å². The molecule has 4 fully saturated rings. The number of hydrogen-bond donors (Lipinski definition) is 0. The standard InChI is InChI=1S/C17H26O4/c1-15-8-6-14(18)21-13(15)5-9-16(2)12(15)4-3-7-17(16)19-10-11-20-17/h12-13H,3-11H2,1-2H3/t12-,13-,15-,16-/m0/s1. The Hall–Kier alpha value is -0.610. The summed E-state index contributed by atoms with van der Waals surface area (Å²) < 4.78 is 18.1. The van der Waals surface area contributed by atoms with E-state index in [4.69, 9.17) is 14.2 Å². The normalized spacial score (nSPS) is 48.6. The van der Waals surface area contributed by atoms with Gasteiger partial charge in [-0.25, -0.2) is 0 Å². The molecule has 0 N–H and O–H groups in total. The summed E-state index contributed by atoms with van der Waals surface area (Å²) in [6.07, 6.45) is 6.95. The van der Waals surface area contributed by atoms with Crippen LogP contribution in [0.1, 0.15) is 58.8 Å². The summed E-state index contributed by atoms with van der Waals surface area (Å²) in [7, 11) is 0. The quantitative estimate of drug-likeness (QED) is 0.644. The maximum atomic E-state index is 11.7. The molecule has 2 aliphatic heterocycles. The summed E-state index contributed by atoms with van der Waals surface area (Å²) in [5.74, 6) is 0.120. The van der Waals surface area contributed by atoms with E-state index >= 15 is 0 Å². The molecule has 0 aromatic heterocycles. The molecule has 2 heterocycles. The van der Waals surface area contributed by atoms with Crippen molar-refractivity contribution in [1.82, 2.24) is 0 Å².